The molecule has 0 bridgehead atoms. The second-order valence-electron chi connectivity index (χ2n) is 4.38. The van der Waals surface area contributed by atoms with Crippen LogP contribution in [0.3, 0.4) is 0 Å². The highest BCUT2D eigenvalue weighted by Crippen LogP contribution is 2.26. The molecule has 19 heavy (non-hydrogen) atoms. The monoisotopic (exact) mass is 271 g/mol. The third-order valence-corrected chi connectivity index (χ3v) is 4.73. The number of sulfone groups is 1. The molecule has 96 valence electrons. The zero-order valence-electron chi connectivity index (χ0n) is 10.7. The predicted molar refractivity (Wildman–Crippen MR) is 72.5 cm³/mol. The first-order chi connectivity index (χ1) is 8.96. The maximum Gasteiger partial charge on any atom is 0.207 e. The molecule has 0 N–H and O–H groups in total. The van der Waals surface area contributed by atoms with Crippen molar-refractivity contribution in [3.8, 4) is 6.07 Å². The molecular formula is C15H13NO2S. The quantitative estimate of drug-likeness (QED) is 0.843. The van der Waals surface area contributed by atoms with Gasteiger partial charge < -0.3 is 0 Å². The summed E-state index contributed by atoms with van der Waals surface area (Å²) in [4.78, 5) is 0.287. The van der Waals surface area contributed by atoms with E-state index in [0.29, 0.717) is 5.56 Å². The standard InChI is InChI=1S/C15H13NO2S/c1-11-5-3-7-13(9-11)19(17,18)15-8-4-6-12(2)14(15)10-16/h3-9H,1-2H3. The molecule has 0 aliphatic rings. The van der Waals surface area contributed by atoms with Gasteiger partial charge in [-0.05, 0) is 43.2 Å². The molecule has 0 fully saturated rings. The summed E-state index contributed by atoms with van der Waals surface area (Å²) in [6, 6.07) is 13.5. The Balaban J connectivity index is 2.72. The molecule has 0 amide bonds. The van der Waals surface area contributed by atoms with Crippen LogP contribution in [0.1, 0.15) is 16.7 Å². The van der Waals surface area contributed by atoms with Gasteiger partial charge in [0.15, 0.2) is 0 Å². The minimum atomic E-state index is -3.65. The van der Waals surface area contributed by atoms with Gasteiger partial charge in [0.25, 0.3) is 0 Å². The molecular weight excluding hydrogens is 258 g/mol. The number of hydrogen-bond acceptors (Lipinski definition) is 3. The molecule has 0 atom stereocenters. The number of rotatable bonds is 2. The van der Waals surface area contributed by atoms with Crippen molar-refractivity contribution in [1.29, 1.82) is 5.26 Å². The minimum absolute atomic E-state index is 0.0700. The van der Waals surface area contributed by atoms with Crippen molar-refractivity contribution in [2.75, 3.05) is 0 Å². The summed E-state index contributed by atoms with van der Waals surface area (Å²) in [5.41, 5.74) is 1.74. The fraction of sp³-hybridized carbons (Fsp3) is 0.133. The van der Waals surface area contributed by atoms with Gasteiger partial charge in [-0.3, -0.25) is 0 Å². The van der Waals surface area contributed by atoms with Crippen molar-refractivity contribution in [2.45, 2.75) is 23.6 Å². The first kappa shape index (κ1) is 13.3. The van der Waals surface area contributed by atoms with Crippen LogP contribution in [-0.2, 0) is 9.84 Å². The van der Waals surface area contributed by atoms with Crippen LogP contribution in [0.5, 0.6) is 0 Å². The Labute approximate surface area is 113 Å². The molecule has 0 unspecified atom stereocenters. The Bertz CT molecular complexity index is 771. The number of hydrogen-bond donors (Lipinski definition) is 0. The molecule has 0 saturated heterocycles. The number of aryl methyl sites for hydroxylation is 2. The van der Waals surface area contributed by atoms with Crippen molar-refractivity contribution in [2.24, 2.45) is 0 Å². The number of nitrogens with zero attached hydrogens (tertiary/aromatic N) is 1. The third kappa shape index (κ3) is 2.38. The first-order valence-electron chi connectivity index (χ1n) is 5.78. The van der Waals surface area contributed by atoms with Crippen LogP contribution >= 0.6 is 0 Å². The fourth-order valence-electron chi connectivity index (χ4n) is 1.92. The Morgan fingerprint density at radius 2 is 1.74 bits per heavy atom. The molecule has 0 aromatic heterocycles. The SMILES string of the molecule is Cc1cccc(S(=O)(=O)c2cccc(C)c2C#N)c1. The minimum Gasteiger partial charge on any atom is -0.218 e. The molecule has 0 aliphatic heterocycles. The van der Waals surface area contributed by atoms with Crippen molar-refractivity contribution in [1.82, 2.24) is 0 Å². The van der Waals surface area contributed by atoms with Crippen LogP contribution < -0.4 is 0 Å². The summed E-state index contributed by atoms with van der Waals surface area (Å²) < 4.78 is 25.1. The van der Waals surface area contributed by atoms with Crippen LogP contribution in [0, 0.1) is 25.2 Å². The van der Waals surface area contributed by atoms with E-state index in [1.165, 1.54) is 6.07 Å². The van der Waals surface area contributed by atoms with E-state index in [-0.39, 0.29) is 15.4 Å². The van der Waals surface area contributed by atoms with Gasteiger partial charge >= 0.3 is 0 Å². The van der Waals surface area contributed by atoms with Gasteiger partial charge in [-0.25, -0.2) is 8.42 Å². The maximum atomic E-state index is 12.6. The lowest BCUT2D eigenvalue weighted by molar-refractivity contribution is 0.595. The molecule has 0 spiro atoms. The van der Waals surface area contributed by atoms with Crippen LogP contribution in [0.25, 0.3) is 0 Å². The van der Waals surface area contributed by atoms with Crippen molar-refractivity contribution in [3.05, 3.63) is 59.2 Å². The molecule has 0 radical (unpaired) electrons. The Kier molecular flexibility index (Phi) is 3.41. The van der Waals surface area contributed by atoms with Gasteiger partial charge in [-0.15, -0.1) is 0 Å². The molecule has 0 saturated carbocycles. The molecule has 2 rings (SSSR count). The second kappa shape index (κ2) is 4.87. The van der Waals surface area contributed by atoms with E-state index in [1.54, 1.807) is 37.3 Å². The zero-order chi connectivity index (χ0) is 14.0. The highest BCUT2D eigenvalue weighted by Gasteiger charge is 2.22. The third-order valence-electron chi connectivity index (χ3n) is 2.94. The first-order valence-corrected chi connectivity index (χ1v) is 7.26. The van der Waals surface area contributed by atoms with E-state index in [9.17, 15) is 8.42 Å². The van der Waals surface area contributed by atoms with Gasteiger partial charge in [0.2, 0.25) is 9.84 Å². The van der Waals surface area contributed by atoms with Gasteiger partial charge in [0.1, 0.15) is 6.07 Å². The Hall–Kier alpha value is -2.12. The van der Waals surface area contributed by atoms with Gasteiger partial charge in [-0.2, -0.15) is 5.26 Å². The molecule has 4 heteroatoms. The Morgan fingerprint density at radius 3 is 2.37 bits per heavy atom. The number of nitriles is 1. The lowest BCUT2D eigenvalue weighted by Gasteiger charge is -2.08. The fourth-order valence-corrected chi connectivity index (χ4v) is 3.50. The molecule has 0 aliphatic carbocycles. The summed E-state index contributed by atoms with van der Waals surface area (Å²) >= 11 is 0. The smallest absolute Gasteiger partial charge is 0.207 e. The van der Waals surface area contributed by atoms with E-state index in [0.717, 1.165) is 5.56 Å². The zero-order valence-corrected chi connectivity index (χ0v) is 11.5. The molecule has 0 heterocycles. The summed E-state index contributed by atoms with van der Waals surface area (Å²) in [5.74, 6) is 0. The second-order valence-corrected chi connectivity index (χ2v) is 6.30. The van der Waals surface area contributed by atoms with Crippen LogP contribution in [-0.4, -0.2) is 8.42 Å². The van der Waals surface area contributed by atoms with Gasteiger partial charge in [0, 0.05) is 0 Å². The van der Waals surface area contributed by atoms with E-state index in [4.69, 9.17) is 5.26 Å². The normalized spacial score (nSPS) is 11.0. The van der Waals surface area contributed by atoms with Crippen molar-refractivity contribution in [3.63, 3.8) is 0 Å². The summed E-state index contributed by atoms with van der Waals surface area (Å²) in [5, 5.41) is 9.15. The lowest BCUT2D eigenvalue weighted by Crippen LogP contribution is -2.05. The number of benzene rings is 2. The van der Waals surface area contributed by atoms with E-state index in [1.807, 2.05) is 19.1 Å². The van der Waals surface area contributed by atoms with Gasteiger partial charge in [0.05, 0.1) is 15.4 Å². The van der Waals surface area contributed by atoms with E-state index < -0.39 is 9.84 Å². The predicted octanol–water partition coefficient (Wildman–Crippen LogP) is 3.01. The molecule has 2 aromatic rings. The van der Waals surface area contributed by atoms with Crippen LogP contribution in [0.4, 0.5) is 0 Å². The molecule has 3 nitrogen and oxygen atoms in total. The van der Waals surface area contributed by atoms with E-state index >= 15 is 0 Å². The maximum absolute atomic E-state index is 12.6. The van der Waals surface area contributed by atoms with Crippen LogP contribution in [0.2, 0.25) is 0 Å². The average molecular weight is 271 g/mol. The highest BCUT2D eigenvalue weighted by atomic mass is 32.2. The largest absolute Gasteiger partial charge is 0.218 e. The molecule has 2 aromatic carbocycles. The summed E-state index contributed by atoms with van der Waals surface area (Å²) in [7, 11) is -3.65. The topological polar surface area (TPSA) is 57.9 Å². The highest BCUT2D eigenvalue weighted by molar-refractivity contribution is 7.91. The van der Waals surface area contributed by atoms with Crippen molar-refractivity contribution >= 4 is 9.84 Å². The van der Waals surface area contributed by atoms with Crippen LogP contribution in [0.15, 0.2) is 52.3 Å². The van der Waals surface area contributed by atoms with Crippen molar-refractivity contribution < 1.29 is 8.42 Å². The van der Waals surface area contributed by atoms with Gasteiger partial charge in [-0.1, -0.05) is 24.3 Å². The Morgan fingerprint density at radius 1 is 1.05 bits per heavy atom. The average Bonchev–Trinajstić information content (AvgIpc) is 2.38. The lowest BCUT2D eigenvalue weighted by atomic mass is 10.1. The summed E-state index contributed by atoms with van der Waals surface area (Å²) in [6.45, 7) is 3.56. The summed E-state index contributed by atoms with van der Waals surface area (Å²) in [6.07, 6.45) is 0. The van der Waals surface area contributed by atoms with E-state index in [2.05, 4.69) is 0 Å².